The van der Waals surface area contributed by atoms with Gasteiger partial charge in [-0.2, -0.15) is 0 Å². The fourth-order valence-electron chi connectivity index (χ4n) is 2.62. The highest BCUT2D eigenvalue weighted by Crippen LogP contribution is 2.29. The van der Waals surface area contributed by atoms with Crippen LogP contribution in [0.1, 0.15) is 18.9 Å². The summed E-state index contributed by atoms with van der Waals surface area (Å²) in [6, 6.07) is 2.08. The molecule has 0 fully saturated rings. The second-order valence-electron chi connectivity index (χ2n) is 6.62. The van der Waals surface area contributed by atoms with Crippen molar-refractivity contribution in [2.45, 2.75) is 24.4 Å². The molecule has 1 unspecified atom stereocenters. The monoisotopic (exact) mass is 508 g/mol. The number of rotatable bonds is 9. The van der Waals surface area contributed by atoms with Crippen molar-refractivity contribution in [2.75, 3.05) is 11.5 Å². The molecule has 17 heteroatoms. The first-order valence-electron chi connectivity index (χ1n) is 8.88. The highest BCUT2D eigenvalue weighted by molar-refractivity contribution is 7.99. The molecule has 1 amide bonds. The van der Waals surface area contributed by atoms with Crippen molar-refractivity contribution in [3.05, 3.63) is 40.1 Å². The van der Waals surface area contributed by atoms with E-state index in [9.17, 15) is 31.2 Å². The standard InChI is InChI=1S/C16H15F3N6O6S2/c1-7(21-11(26)6-33(20,28)29)5-32-15-12(22-31-24-15)14-23-30-16(27)25(14)8-2-3-9(13(18)19)10(17)4-8/h2-4,7,13H,5-6H2,1H3,(H,21,26)(H2,20,28,29). The van der Waals surface area contributed by atoms with Crippen LogP contribution in [0.4, 0.5) is 13.2 Å². The lowest BCUT2D eigenvalue weighted by Crippen LogP contribution is -2.39. The normalized spacial score (nSPS) is 12.8. The zero-order chi connectivity index (χ0) is 24.3. The molecule has 178 valence electrons. The number of primary sulfonamides is 1. The zero-order valence-electron chi connectivity index (χ0n) is 16.6. The Morgan fingerprint density at radius 1 is 1.30 bits per heavy atom. The van der Waals surface area contributed by atoms with Gasteiger partial charge in [0.1, 0.15) is 11.6 Å². The lowest BCUT2D eigenvalue weighted by Gasteiger charge is -2.12. The molecule has 0 aliphatic rings. The lowest BCUT2D eigenvalue weighted by molar-refractivity contribution is -0.119. The van der Waals surface area contributed by atoms with E-state index in [-0.39, 0.29) is 28.0 Å². The molecule has 0 spiro atoms. The van der Waals surface area contributed by atoms with E-state index in [2.05, 4.69) is 29.9 Å². The maximum atomic E-state index is 14.0. The Morgan fingerprint density at radius 3 is 2.67 bits per heavy atom. The summed E-state index contributed by atoms with van der Waals surface area (Å²) >= 11 is 1.01. The van der Waals surface area contributed by atoms with E-state index in [1.807, 2.05) is 0 Å². The summed E-state index contributed by atoms with van der Waals surface area (Å²) in [5.74, 6) is -4.04. The molecular weight excluding hydrogens is 493 g/mol. The third-order valence-electron chi connectivity index (χ3n) is 3.96. The van der Waals surface area contributed by atoms with Gasteiger partial charge in [-0.05, 0) is 35.4 Å². The predicted molar refractivity (Wildman–Crippen MR) is 107 cm³/mol. The van der Waals surface area contributed by atoms with Crippen LogP contribution in [0.15, 0.2) is 37.2 Å². The summed E-state index contributed by atoms with van der Waals surface area (Å²) in [5, 5.41) is 18.3. The topological polar surface area (TPSA) is 176 Å². The number of carbonyl (C=O) groups excluding carboxylic acids is 1. The fraction of sp³-hybridized carbons (Fsp3) is 0.312. The first-order valence-corrected chi connectivity index (χ1v) is 11.6. The van der Waals surface area contributed by atoms with Crippen LogP contribution in [0.5, 0.6) is 0 Å². The largest absolute Gasteiger partial charge is 0.446 e. The SMILES string of the molecule is CC(CSc1nonc1-c1noc(=O)n1-c1ccc(C(F)F)c(F)c1)NC(=O)CS(N)(=O)=O. The Bertz CT molecular complexity index is 1320. The smallest absolute Gasteiger partial charge is 0.352 e. The van der Waals surface area contributed by atoms with Crippen molar-refractivity contribution in [1.29, 1.82) is 0 Å². The summed E-state index contributed by atoms with van der Waals surface area (Å²) in [6.07, 6.45) is -3.05. The number of thioether (sulfide) groups is 1. The number of hydrogen-bond donors (Lipinski definition) is 2. The van der Waals surface area contributed by atoms with Crippen LogP contribution in [-0.4, -0.2) is 51.9 Å². The number of carbonyl (C=O) groups is 1. The number of nitrogens with zero attached hydrogens (tertiary/aromatic N) is 4. The minimum Gasteiger partial charge on any atom is -0.352 e. The fourth-order valence-corrected chi connectivity index (χ4v) is 3.91. The van der Waals surface area contributed by atoms with Gasteiger partial charge in [-0.1, -0.05) is 16.9 Å². The average Bonchev–Trinajstić information content (AvgIpc) is 3.30. The van der Waals surface area contributed by atoms with Crippen LogP contribution in [0, 0.1) is 5.82 Å². The molecule has 0 radical (unpaired) electrons. The molecular formula is C16H15F3N6O6S2. The van der Waals surface area contributed by atoms with Crippen LogP contribution in [-0.2, 0) is 14.8 Å². The molecule has 0 aliphatic carbocycles. The van der Waals surface area contributed by atoms with Gasteiger partial charge in [0.05, 0.1) is 11.3 Å². The molecule has 0 saturated heterocycles. The molecule has 2 aromatic heterocycles. The quantitative estimate of drug-likeness (QED) is 0.394. The van der Waals surface area contributed by atoms with Crippen LogP contribution in [0.2, 0.25) is 0 Å². The third-order valence-corrected chi connectivity index (χ3v) is 5.83. The van der Waals surface area contributed by atoms with Gasteiger partial charge in [0, 0.05) is 11.8 Å². The third kappa shape index (κ3) is 5.99. The maximum Gasteiger partial charge on any atom is 0.446 e. The van der Waals surface area contributed by atoms with Gasteiger partial charge in [0.2, 0.25) is 21.8 Å². The van der Waals surface area contributed by atoms with Crippen LogP contribution in [0.3, 0.4) is 0 Å². The van der Waals surface area contributed by atoms with Gasteiger partial charge < -0.3 is 5.32 Å². The Kier molecular flexibility index (Phi) is 7.23. The molecule has 3 N–H and O–H groups in total. The highest BCUT2D eigenvalue weighted by Gasteiger charge is 2.25. The van der Waals surface area contributed by atoms with Gasteiger partial charge in [0.25, 0.3) is 6.43 Å². The van der Waals surface area contributed by atoms with Crippen molar-refractivity contribution >= 4 is 27.7 Å². The molecule has 33 heavy (non-hydrogen) atoms. The first-order chi connectivity index (χ1) is 15.5. The molecule has 0 aliphatic heterocycles. The van der Waals surface area contributed by atoms with Gasteiger partial charge in [-0.25, -0.2) is 40.7 Å². The van der Waals surface area contributed by atoms with E-state index < -0.39 is 51.3 Å². The molecule has 3 rings (SSSR count). The number of nitrogens with one attached hydrogen (secondary N) is 1. The van der Waals surface area contributed by atoms with Crippen molar-refractivity contribution < 1.29 is 35.5 Å². The van der Waals surface area contributed by atoms with E-state index in [1.54, 1.807) is 6.92 Å². The molecule has 3 aromatic rings. The first kappa shape index (κ1) is 24.5. The van der Waals surface area contributed by atoms with E-state index in [0.717, 1.165) is 28.5 Å². The average molecular weight is 508 g/mol. The van der Waals surface area contributed by atoms with Gasteiger partial charge in [0.15, 0.2) is 10.7 Å². The number of hydrogen-bond acceptors (Lipinski definition) is 10. The summed E-state index contributed by atoms with van der Waals surface area (Å²) in [4.78, 5) is 23.8. The number of amides is 1. The molecule has 0 bridgehead atoms. The number of sulfonamides is 1. The number of alkyl halides is 2. The number of nitrogens with two attached hydrogens (primary N) is 1. The van der Waals surface area contributed by atoms with E-state index in [0.29, 0.717) is 6.07 Å². The molecule has 1 atom stereocenters. The van der Waals surface area contributed by atoms with Crippen LogP contribution < -0.4 is 16.2 Å². The predicted octanol–water partition coefficient (Wildman–Crippen LogP) is 0.837. The van der Waals surface area contributed by atoms with Gasteiger partial charge in [-0.3, -0.25) is 9.32 Å². The second kappa shape index (κ2) is 9.75. The van der Waals surface area contributed by atoms with Gasteiger partial charge in [-0.15, -0.1) is 0 Å². The minimum atomic E-state index is -3.98. The lowest BCUT2D eigenvalue weighted by atomic mass is 10.2. The molecule has 1 aromatic carbocycles. The summed E-state index contributed by atoms with van der Waals surface area (Å²) in [5.41, 5.74) is -1.07. The summed E-state index contributed by atoms with van der Waals surface area (Å²) in [7, 11) is -3.98. The minimum absolute atomic E-state index is 0.0766. The van der Waals surface area contributed by atoms with Crippen molar-refractivity contribution in [3.8, 4) is 17.2 Å². The number of halogens is 3. The van der Waals surface area contributed by atoms with E-state index >= 15 is 0 Å². The van der Waals surface area contributed by atoms with E-state index in [4.69, 9.17) is 5.14 Å². The van der Waals surface area contributed by atoms with Crippen LogP contribution in [0.25, 0.3) is 17.2 Å². The molecule has 0 saturated carbocycles. The number of aromatic nitrogens is 4. The summed E-state index contributed by atoms with van der Waals surface area (Å²) < 4.78 is 71.7. The number of benzene rings is 1. The Balaban J connectivity index is 1.81. The maximum absolute atomic E-state index is 14.0. The Morgan fingerprint density at radius 2 is 2.03 bits per heavy atom. The Hall–Kier alpha value is -3.18. The second-order valence-corrected chi connectivity index (χ2v) is 9.24. The van der Waals surface area contributed by atoms with Crippen molar-refractivity contribution in [3.63, 3.8) is 0 Å². The molecule has 2 heterocycles. The van der Waals surface area contributed by atoms with E-state index in [1.165, 1.54) is 0 Å². The summed E-state index contributed by atoms with van der Waals surface area (Å²) in [6.45, 7) is 1.58. The zero-order valence-corrected chi connectivity index (χ0v) is 18.2. The van der Waals surface area contributed by atoms with Crippen LogP contribution >= 0.6 is 11.8 Å². The Labute approximate surface area is 187 Å². The van der Waals surface area contributed by atoms with Crippen molar-refractivity contribution in [2.24, 2.45) is 5.14 Å². The van der Waals surface area contributed by atoms with Crippen molar-refractivity contribution in [1.82, 2.24) is 25.4 Å². The highest BCUT2D eigenvalue weighted by atomic mass is 32.2. The van der Waals surface area contributed by atoms with Gasteiger partial charge >= 0.3 is 5.76 Å². The molecule has 12 nitrogen and oxygen atoms in total.